The van der Waals surface area contributed by atoms with Crippen LogP contribution in [0.4, 0.5) is 4.39 Å². The van der Waals surface area contributed by atoms with Crippen molar-refractivity contribution in [3.63, 3.8) is 0 Å². The summed E-state index contributed by atoms with van der Waals surface area (Å²) in [5, 5.41) is 3.44. The number of hydrogen-bond acceptors (Lipinski definition) is 2. The third kappa shape index (κ3) is 5.07. The van der Waals surface area contributed by atoms with Crippen LogP contribution in [-0.4, -0.2) is 12.6 Å². The van der Waals surface area contributed by atoms with E-state index in [1.807, 2.05) is 18.2 Å². The third-order valence-corrected chi connectivity index (χ3v) is 4.34. The van der Waals surface area contributed by atoms with Crippen molar-refractivity contribution in [3.8, 4) is 5.75 Å². The molecule has 0 spiro atoms. The van der Waals surface area contributed by atoms with Gasteiger partial charge in [-0.05, 0) is 74.0 Å². The van der Waals surface area contributed by atoms with E-state index in [-0.39, 0.29) is 5.82 Å². The molecular formula is C20H24FNO. The summed E-state index contributed by atoms with van der Waals surface area (Å²) in [7, 11) is 0. The summed E-state index contributed by atoms with van der Waals surface area (Å²) >= 11 is 0. The summed E-state index contributed by atoms with van der Waals surface area (Å²) in [6, 6.07) is 15.1. The minimum absolute atomic E-state index is 0.180. The Hall–Kier alpha value is -1.87. The van der Waals surface area contributed by atoms with Gasteiger partial charge >= 0.3 is 0 Å². The molecule has 3 heteroatoms. The van der Waals surface area contributed by atoms with E-state index in [1.54, 1.807) is 0 Å². The van der Waals surface area contributed by atoms with Crippen LogP contribution < -0.4 is 10.1 Å². The monoisotopic (exact) mass is 313 g/mol. The van der Waals surface area contributed by atoms with Gasteiger partial charge in [-0.3, -0.25) is 0 Å². The third-order valence-electron chi connectivity index (χ3n) is 4.34. The first-order valence-corrected chi connectivity index (χ1v) is 8.50. The van der Waals surface area contributed by atoms with Gasteiger partial charge in [-0.15, -0.1) is 0 Å². The molecule has 1 aliphatic carbocycles. The van der Waals surface area contributed by atoms with Crippen molar-refractivity contribution in [2.75, 3.05) is 6.54 Å². The van der Waals surface area contributed by atoms with E-state index in [9.17, 15) is 4.39 Å². The quantitative estimate of drug-likeness (QED) is 0.761. The van der Waals surface area contributed by atoms with Crippen molar-refractivity contribution < 1.29 is 9.13 Å². The molecule has 0 heterocycles. The number of hydrogen-bond donors (Lipinski definition) is 1. The lowest BCUT2D eigenvalue weighted by Crippen LogP contribution is -2.17. The van der Waals surface area contributed by atoms with E-state index < -0.39 is 0 Å². The largest absolute Gasteiger partial charge is 0.490 e. The van der Waals surface area contributed by atoms with Gasteiger partial charge in [0.1, 0.15) is 11.6 Å². The molecule has 1 saturated carbocycles. The van der Waals surface area contributed by atoms with Crippen molar-refractivity contribution in [1.82, 2.24) is 5.32 Å². The molecule has 1 aliphatic rings. The molecule has 2 aromatic rings. The van der Waals surface area contributed by atoms with Crippen LogP contribution in [0.2, 0.25) is 0 Å². The average Bonchev–Trinajstić information content (AvgIpc) is 3.07. The van der Waals surface area contributed by atoms with Gasteiger partial charge in [-0.2, -0.15) is 0 Å². The van der Waals surface area contributed by atoms with Gasteiger partial charge in [0.15, 0.2) is 0 Å². The Morgan fingerprint density at radius 2 is 1.78 bits per heavy atom. The Morgan fingerprint density at radius 3 is 2.57 bits per heavy atom. The molecule has 0 atom stereocenters. The Morgan fingerprint density at radius 1 is 1.00 bits per heavy atom. The molecule has 23 heavy (non-hydrogen) atoms. The summed E-state index contributed by atoms with van der Waals surface area (Å²) < 4.78 is 18.9. The second kappa shape index (κ2) is 8.11. The molecular weight excluding hydrogens is 289 g/mol. The Bertz CT molecular complexity index is 605. The summed E-state index contributed by atoms with van der Waals surface area (Å²) in [6.45, 7) is 1.70. The maximum atomic E-state index is 12.9. The molecule has 0 saturated heterocycles. The van der Waals surface area contributed by atoms with Gasteiger partial charge < -0.3 is 10.1 Å². The van der Waals surface area contributed by atoms with Crippen molar-refractivity contribution in [3.05, 3.63) is 65.5 Å². The van der Waals surface area contributed by atoms with Crippen LogP contribution in [0.5, 0.6) is 5.75 Å². The zero-order valence-corrected chi connectivity index (χ0v) is 13.4. The van der Waals surface area contributed by atoms with Crippen LogP contribution in [0.1, 0.15) is 36.8 Å². The lowest BCUT2D eigenvalue weighted by atomic mass is 10.1. The summed E-state index contributed by atoms with van der Waals surface area (Å²) in [6.07, 6.45) is 6.24. The highest BCUT2D eigenvalue weighted by Crippen LogP contribution is 2.24. The maximum absolute atomic E-state index is 12.9. The average molecular weight is 313 g/mol. The van der Waals surface area contributed by atoms with Crippen LogP contribution >= 0.6 is 0 Å². The van der Waals surface area contributed by atoms with E-state index in [2.05, 4.69) is 23.5 Å². The summed E-state index contributed by atoms with van der Waals surface area (Å²) in [4.78, 5) is 0. The van der Waals surface area contributed by atoms with E-state index in [4.69, 9.17) is 4.74 Å². The zero-order chi connectivity index (χ0) is 15.9. The van der Waals surface area contributed by atoms with Gasteiger partial charge in [-0.1, -0.05) is 24.3 Å². The number of nitrogens with one attached hydrogen (secondary N) is 1. The molecule has 2 nitrogen and oxygen atoms in total. The normalized spacial score (nSPS) is 15.0. The molecule has 0 radical (unpaired) electrons. The highest BCUT2D eigenvalue weighted by molar-refractivity contribution is 5.28. The predicted molar refractivity (Wildman–Crippen MR) is 91.1 cm³/mol. The first-order valence-electron chi connectivity index (χ1n) is 8.50. The van der Waals surface area contributed by atoms with Gasteiger partial charge in [0, 0.05) is 6.54 Å². The molecule has 3 rings (SSSR count). The number of halogens is 1. The highest BCUT2D eigenvalue weighted by Gasteiger charge is 2.16. The van der Waals surface area contributed by atoms with Gasteiger partial charge in [0.25, 0.3) is 0 Å². The van der Waals surface area contributed by atoms with Crippen LogP contribution in [-0.2, 0) is 13.0 Å². The minimum atomic E-state index is -0.180. The standard InChI is InChI=1S/C20H24FNO/c21-18-10-8-16(9-11-18)12-13-22-15-17-4-3-7-20(14-17)23-19-5-1-2-6-19/h3-4,7-11,14,19,22H,1-2,5-6,12-13,15H2. The second-order valence-electron chi connectivity index (χ2n) is 6.22. The fraction of sp³-hybridized carbons (Fsp3) is 0.400. The summed E-state index contributed by atoms with van der Waals surface area (Å²) in [5.41, 5.74) is 2.39. The number of benzene rings is 2. The van der Waals surface area contributed by atoms with Gasteiger partial charge in [0.05, 0.1) is 6.10 Å². The lowest BCUT2D eigenvalue weighted by molar-refractivity contribution is 0.210. The van der Waals surface area contributed by atoms with Gasteiger partial charge in [-0.25, -0.2) is 4.39 Å². The molecule has 1 fully saturated rings. The van der Waals surface area contributed by atoms with E-state index in [0.717, 1.165) is 30.8 Å². The van der Waals surface area contributed by atoms with Gasteiger partial charge in [0.2, 0.25) is 0 Å². The van der Waals surface area contributed by atoms with Crippen molar-refractivity contribution in [1.29, 1.82) is 0 Å². The first-order chi connectivity index (χ1) is 11.3. The molecule has 2 aromatic carbocycles. The highest BCUT2D eigenvalue weighted by atomic mass is 19.1. The fourth-order valence-corrected chi connectivity index (χ4v) is 3.04. The Labute approximate surface area is 137 Å². The summed E-state index contributed by atoms with van der Waals surface area (Å²) in [5.74, 6) is 0.801. The molecule has 122 valence electrons. The molecule has 0 aliphatic heterocycles. The van der Waals surface area contributed by atoms with E-state index >= 15 is 0 Å². The first kappa shape index (κ1) is 16.0. The molecule has 0 bridgehead atoms. The van der Waals surface area contributed by atoms with E-state index in [1.165, 1.54) is 43.4 Å². The van der Waals surface area contributed by atoms with Crippen LogP contribution in [0.15, 0.2) is 48.5 Å². The Balaban J connectivity index is 1.43. The van der Waals surface area contributed by atoms with Crippen molar-refractivity contribution in [2.45, 2.75) is 44.8 Å². The predicted octanol–water partition coefficient (Wildman–Crippen LogP) is 4.48. The molecule has 0 aromatic heterocycles. The van der Waals surface area contributed by atoms with Crippen LogP contribution in [0, 0.1) is 5.82 Å². The number of ether oxygens (including phenoxy) is 1. The van der Waals surface area contributed by atoms with Crippen LogP contribution in [0.3, 0.4) is 0 Å². The van der Waals surface area contributed by atoms with E-state index in [0.29, 0.717) is 6.10 Å². The van der Waals surface area contributed by atoms with Crippen molar-refractivity contribution in [2.24, 2.45) is 0 Å². The molecule has 0 unspecified atom stereocenters. The SMILES string of the molecule is Fc1ccc(CCNCc2cccc(OC3CCCC3)c2)cc1. The second-order valence-corrected chi connectivity index (χ2v) is 6.22. The van der Waals surface area contributed by atoms with Crippen molar-refractivity contribution >= 4 is 0 Å². The lowest BCUT2D eigenvalue weighted by Gasteiger charge is -2.14. The molecule has 1 N–H and O–H groups in total. The topological polar surface area (TPSA) is 21.3 Å². The maximum Gasteiger partial charge on any atom is 0.123 e. The zero-order valence-electron chi connectivity index (χ0n) is 13.4. The number of rotatable bonds is 7. The smallest absolute Gasteiger partial charge is 0.123 e. The molecule has 0 amide bonds. The fourth-order valence-electron chi connectivity index (χ4n) is 3.04. The Kier molecular flexibility index (Phi) is 5.65. The van der Waals surface area contributed by atoms with Crippen LogP contribution in [0.25, 0.3) is 0 Å². The minimum Gasteiger partial charge on any atom is -0.490 e.